The van der Waals surface area contributed by atoms with Crippen LogP contribution in [0.3, 0.4) is 0 Å². The molecule has 0 saturated carbocycles. The van der Waals surface area contributed by atoms with Crippen molar-refractivity contribution in [3.8, 4) is 16.9 Å². The van der Waals surface area contributed by atoms with Crippen molar-refractivity contribution in [1.82, 2.24) is 0 Å². The lowest BCUT2D eigenvalue weighted by atomic mass is 9.95. The minimum atomic E-state index is -0.311. The van der Waals surface area contributed by atoms with Gasteiger partial charge in [-0.05, 0) is 48.7 Å². The van der Waals surface area contributed by atoms with Crippen molar-refractivity contribution >= 4 is 35.6 Å². The van der Waals surface area contributed by atoms with Gasteiger partial charge in [-0.3, -0.25) is 0 Å². The van der Waals surface area contributed by atoms with E-state index in [1.165, 1.54) is 12.1 Å². The lowest BCUT2D eigenvalue weighted by Crippen LogP contribution is -2.30. The molecule has 0 unspecified atom stereocenters. The van der Waals surface area contributed by atoms with Crippen molar-refractivity contribution < 1.29 is 9.13 Å². The fourth-order valence-electron chi connectivity index (χ4n) is 2.59. The van der Waals surface area contributed by atoms with Crippen LogP contribution >= 0.6 is 35.6 Å². The molecular formula is C16H15Cl3FNO. The average Bonchev–Trinajstić information content (AvgIpc) is 2.48. The zero-order chi connectivity index (χ0) is 15.0. The van der Waals surface area contributed by atoms with E-state index in [1.807, 2.05) is 0 Å². The molecule has 1 aliphatic rings. The molecule has 0 saturated heterocycles. The van der Waals surface area contributed by atoms with Crippen molar-refractivity contribution in [2.75, 3.05) is 6.54 Å². The first-order valence-corrected chi connectivity index (χ1v) is 7.48. The third-order valence-corrected chi connectivity index (χ3v) is 4.20. The van der Waals surface area contributed by atoms with Gasteiger partial charge >= 0.3 is 0 Å². The van der Waals surface area contributed by atoms with Gasteiger partial charge in [0, 0.05) is 27.7 Å². The van der Waals surface area contributed by atoms with Crippen molar-refractivity contribution in [2.45, 2.75) is 18.9 Å². The highest BCUT2D eigenvalue weighted by Gasteiger charge is 2.24. The Morgan fingerprint density at radius 3 is 2.68 bits per heavy atom. The Morgan fingerprint density at radius 1 is 1.18 bits per heavy atom. The van der Waals surface area contributed by atoms with E-state index in [0.717, 1.165) is 18.4 Å². The molecular weight excluding hydrogens is 348 g/mol. The van der Waals surface area contributed by atoms with E-state index >= 15 is 0 Å². The van der Waals surface area contributed by atoms with E-state index in [0.29, 0.717) is 33.5 Å². The fourth-order valence-corrected chi connectivity index (χ4v) is 2.98. The maximum Gasteiger partial charge on any atom is 0.131 e. The maximum atomic E-state index is 13.9. The minimum Gasteiger partial charge on any atom is -0.488 e. The molecule has 0 bridgehead atoms. The van der Waals surface area contributed by atoms with Gasteiger partial charge in [-0.1, -0.05) is 23.2 Å². The topological polar surface area (TPSA) is 35.2 Å². The minimum absolute atomic E-state index is 0. The number of hydrogen-bond acceptors (Lipinski definition) is 2. The number of ether oxygens (including phenoxy) is 1. The van der Waals surface area contributed by atoms with E-state index in [2.05, 4.69) is 0 Å². The molecule has 2 N–H and O–H groups in total. The van der Waals surface area contributed by atoms with E-state index in [9.17, 15) is 4.39 Å². The smallest absolute Gasteiger partial charge is 0.131 e. The zero-order valence-electron chi connectivity index (χ0n) is 11.6. The number of aryl methyl sites for hydroxylation is 1. The summed E-state index contributed by atoms with van der Waals surface area (Å²) in [4.78, 5) is 0. The number of benzene rings is 2. The highest BCUT2D eigenvalue weighted by molar-refractivity contribution is 6.35. The van der Waals surface area contributed by atoms with Crippen LogP contribution in [0, 0.1) is 5.82 Å². The fraction of sp³-hybridized carbons (Fsp3) is 0.250. The van der Waals surface area contributed by atoms with Gasteiger partial charge in [-0.25, -0.2) is 4.39 Å². The average molecular weight is 363 g/mol. The third-order valence-electron chi connectivity index (χ3n) is 3.63. The molecule has 2 nitrogen and oxygen atoms in total. The van der Waals surface area contributed by atoms with Gasteiger partial charge in [0.2, 0.25) is 0 Å². The maximum absolute atomic E-state index is 13.9. The van der Waals surface area contributed by atoms with Crippen LogP contribution in [0.25, 0.3) is 11.1 Å². The van der Waals surface area contributed by atoms with Gasteiger partial charge in [0.05, 0.1) is 0 Å². The molecule has 0 amide bonds. The van der Waals surface area contributed by atoms with Gasteiger partial charge in [-0.2, -0.15) is 0 Å². The Labute approximate surface area is 144 Å². The SMILES string of the molecule is Cl.NC[C@@H]1CCc2cc(F)cc(-c3cc(Cl)ccc3Cl)c2O1. The van der Waals surface area contributed by atoms with Crippen LogP contribution < -0.4 is 10.5 Å². The number of halogens is 4. The Hall–Kier alpha value is -1.00. The summed E-state index contributed by atoms with van der Waals surface area (Å²) in [6, 6.07) is 8.04. The first kappa shape index (κ1) is 17.4. The van der Waals surface area contributed by atoms with Crippen LogP contribution in [0.5, 0.6) is 5.75 Å². The summed E-state index contributed by atoms with van der Waals surface area (Å²) in [6.45, 7) is 0.430. The summed E-state index contributed by atoms with van der Waals surface area (Å²) in [5, 5.41) is 1.05. The normalized spacial score (nSPS) is 16.5. The van der Waals surface area contributed by atoms with Crippen molar-refractivity contribution in [3.63, 3.8) is 0 Å². The van der Waals surface area contributed by atoms with Gasteiger partial charge in [0.1, 0.15) is 17.7 Å². The van der Waals surface area contributed by atoms with Gasteiger partial charge in [-0.15, -0.1) is 12.4 Å². The summed E-state index contributed by atoms with van der Waals surface area (Å²) in [5.74, 6) is 0.344. The van der Waals surface area contributed by atoms with Crippen LogP contribution in [0.2, 0.25) is 10.0 Å². The number of fused-ring (bicyclic) bond motifs is 1. The zero-order valence-corrected chi connectivity index (χ0v) is 13.9. The molecule has 0 radical (unpaired) electrons. The van der Waals surface area contributed by atoms with Crippen molar-refractivity contribution in [2.24, 2.45) is 5.73 Å². The molecule has 0 aliphatic carbocycles. The molecule has 0 fully saturated rings. The van der Waals surface area contributed by atoms with Crippen molar-refractivity contribution in [1.29, 1.82) is 0 Å². The van der Waals surface area contributed by atoms with Gasteiger partial charge in [0.15, 0.2) is 0 Å². The highest BCUT2D eigenvalue weighted by atomic mass is 35.5. The molecule has 0 spiro atoms. The summed E-state index contributed by atoms with van der Waals surface area (Å²) in [5.41, 5.74) is 7.81. The molecule has 22 heavy (non-hydrogen) atoms. The molecule has 2 aromatic carbocycles. The van der Waals surface area contributed by atoms with E-state index in [4.69, 9.17) is 33.7 Å². The van der Waals surface area contributed by atoms with Crippen LogP contribution in [0.15, 0.2) is 30.3 Å². The van der Waals surface area contributed by atoms with Crippen LogP contribution in [-0.2, 0) is 6.42 Å². The third kappa shape index (κ3) is 3.33. The summed E-state index contributed by atoms with van der Waals surface area (Å²) >= 11 is 12.3. The second kappa shape index (κ2) is 7.05. The summed E-state index contributed by atoms with van der Waals surface area (Å²) < 4.78 is 19.8. The Bertz CT molecular complexity index is 693. The summed E-state index contributed by atoms with van der Waals surface area (Å²) in [7, 11) is 0. The largest absolute Gasteiger partial charge is 0.488 e. The van der Waals surface area contributed by atoms with Crippen LogP contribution in [0.4, 0.5) is 4.39 Å². The summed E-state index contributed by atoms with van der Waals surface area (Å²) in [6.07, 6.45) is 1.47. The van der Waals surface area contributed by atoms with E-state index in [-0.39, 0.29) is 24.3 Å². The Balaban J connectivity index is 0.00000176. The first-order chi connectivity index (χ1) is 10.1. The van der Waals surface area contributed by atoms with Gasteiger partial charge in [0.25, 0.3) is 0 Å². The number of hydrogen-bond donors (Lipinski definition) is 1. The number of rotatable bonds is 2. The van der Waals surface area contributed by atoms with E-state index in [1.54, 1.807) is 18.2 Å². The lowest BCUT2D eigenvalue weighted by molar-refractivity contribution is 0.182. The molecule has 1 aliphatic heterocycles. The van der Waals surface area contributed by atoms with Crippen molar-refractivity contribution in [3.05, 3.63) is 51.8 Å². The predicted molar refractivity (Wildman–Crippen MR) is 90.9 cm³/mol. The lowest BCUT2D eigenvalue weighted by Gasteiger charge is -2.27. The molecule has 2 aromatic rings. The molecule has 3 rings (SSSR count). The van der Waals surface area contributed by atoms with E-state index < -0.39 is 0 Å². The molecule has 0 aromatic heterocycles. The predicted octanol–water partition coefficient (Wildman–Crippen LogP) is 4.87. The monoisotopic (exact) mass is 361 g/mol. The van der Waals surface area contributed by atoms with Crippen LogP contribution in [0.1, 0.15) is 12.0 Å². The second-order valence-electron chi connectivity index (χ2n) is 5.08. The Morgan fingerprint density at radius 2 is 1.95 bits per heavy atom. The van der Waals surface area contributed by atoms with Crippen LogP contribution in [-0.4, -0.2) is 12.6 Å². The second-order valence-corrected chi connectivity index (χ2v) is 5.92. The Kier molecular flexibility index (Phi) is 5.56. The number of nitrogens with two attached hydrogens (primary N) is 1. The molecule has 1 heterocycles. The van der Waals surface area contributed by atoms with Gasteiger partial charge < -0.3 is 10.5 Å². The molecule has 6 heteroatoms. The first-order valence-electron chi connectivity index (χ1n) is 6.73. The molecule has 1 atom stereocenters. The quantitative estimate of drug-likeness (QED) is 0.827. The highest BCUT2D eigenvalue weighted by Crippen LogP contribution is 2.41. The molecule has 118 valence electrons. The standard InChI is InChI=1S/C16H14Cl2FNO.ClH/c17-10-2-4-15(18)13(6-10)14-7-11(19)5-9-1-3-12(8-20)21-16(9)14;/h2,4-7,12H,1,3,8,20H2;1H/t12-;/m0./s1.